The number of hydrogen-bond acceptors (Lipinski definition) is 10. The number of thiophene rings is 6. The molecule has 2 atom stereocenters. The SMILES string of the molecule is CCCCCCCCN1C(=O)c2c(C)sc(-c3cc4c(s3)-c3sc(-c5sc(-c6cc7c(s6)-c6sc(C)cc6[Si]7(c6ccccc6)c6ccccc6)c6c5C(=O)N(CCCCCCCC)C6=O)cc3[Si]4(CC(CC)CCCC)CC(CC)CCCC)c2C1=O. The van der Waals surface area contributed by atoms with Crippen LogP contribution in [0.4, 0.5) is 0 Å². The lowest BCUT2D eigenvalue weighted by Gasteiger charge is -2.35. The lowest BCUT2D eigenvalue weighted by molar-refractivity contribution is 0.0636. The molecular formula is C74H88N2O4S6Si2. The second kappa shape index (κ2) is 27.3. The van der Waals surface area contributed by atoms with Crippen LogP contribution in [0.2, 0.25) is 12.1 Å². The van der Waals surface area contributed by atoms with Gasteiger partial charge in [0.25, 0.3) is 23.6 Å². The number of carbonyl (C=O) groups is 4. The summed E-state index contributed by atoms with van der Waals surface area (Å²) in [6.07, 6.45) is 22.5. The Kier molecular flexibility index (Phi) is 19.7. The van der Waals surface area contributed by atoms with E-state index in [0.717, 1.165) is 85.5 Å². The van der Waals surface area contributed by atoms with Crippen LogP contribution < -0.4 is 31.1 Å². The summed E-state index contributed by atoms with van der Waals surface area (Å²) >= 11 is 10.8. The lowest BCUT2D eigenvalue weighted by atomic mass is 10.0. The zero-order chi connectivity index (χ0) is 61.4. The summed E-state index contributed by atoms with van der Waals surface area (Å²) in [6.45, 7) is 19.1. The van der Waals surface area contributed by atoms with Crippen LogP contribution in [0, 0.1) is 25.7 Å². The van der Waals surface area contributed by atoms with Gasteiger partial charge in [-0.2, -0.15) is 0 Å². The van der Waals surface area contributed by atoms with Gasteiger partial charge in [0.05, 0.1) is 36.9 Å². The van der Waals surface area contributed by atoms with Crippen molar-refractivity contribution in [3.05, 3.63) is 117 Å². The number of nitrogens with zero attached hydrogens (tertiary/aromatic N) is 2. The molecule has 0 aliphatic carbocycles. The lowest BCUT2D eigenvalue weighted by Crippen LogP contribution is -2.72. The summed E-state index contributed by atoms with van der Waals surface area (Å²) in [7, 11) is -5.41. The van der Waals surface area contributed by atoms with Gasteiger partial charge in [0.1, 0.15) is 8.07 Å². The molecule has 14 heteroatoms. The van der Waals surface area contributed by atoms with Crippen LogP contribution in [-0.2, 0) is 0 Å². The van der Waals surface area contributed by atoms with Crippen molar-refractivity contribution < 1.29 is 19.2 Å². The molecule has 4 aliphatic rings. The Hall–Kier alpha value is -4.65. The highest BCUT2D eigenvalue weighted by Crippen LogP contribution is 2.55. The number of benzene rings is 2. The molecule has 8 aromatic rings. The predicted octanol–water partition coefficient (Wildman–Crippen LogP) is 18.9. The quantitative estimate of drug-likeness (QED) is 0.0246. The van der Waals surface area contributed by atoms with Crippen LogP contribution >= 0.6 is 68.0 Å². The molecule has 2 unspecified atom stereocenters. The fourth-order valence-electron chi connectivity index (χ4n) is 15.4. The van der Waals surface area contributed by atoms with Crippen molar-refractivity contribution in [1.29, 1.82) is 0 Å². The molecule has 0 bridgehead atoms. The molecule has 6 nitrogen and oxygen atoms in total. The Morgan fingerprint density at radius 3 is 1.22 bits per heavy atom. The molecule has 6 aromatic heterocycles. The van der Waals surface area contributed by atoms with Crippen molar-refractivity contribution in [2.24, 2.45) is 11.8 Å². The van der Waals surface area contributed by atoms with Crippen molar-refractivity contribution in [3.8, 4) is 48.8 Å². The van der Waals surface area contributed by atoms with E-state index in [1.807, 2.05) is 52.3 Å². The highest BCUT2D eigenvalue weighted by Gasteiger charge is 2.54. The van der Waals surface area contributed by atoms with E-state index in [2.05, 4.69) is 133 Å². The monoisotopic (exact) mass is 1320 g/mol. The molecule has 0 fully saturated rings. The van der Waals surface area contributed by atoms with Gasteiger partial charge in [0, 0.05) is 57.0 Å². The zero-order valence-electron chi connectivity index (χ0n) is 53.2. The maximum absolute atomic E-state index is 15.6. The minimum Gasteiger partial charge on any atom is -0.274 e. The molecule has 0 spiro atoms. The smallest absolute Gasteiger partial charge is 0.263 e. The fraction of sp³-hybridized carbons (Fsp3) is 0.459. The number of rotatable bonds is 31. The second-order valence-electron chi connectivity index (χ2n) is 25.8. The van der Waals surface area contributed by atoms with Gasteiger partial charge < -0.3 is 0 Å². The van der Waals surface area contributed by atoms with Gasteiger partial charge in [-0.05, 0) is 106 Å². The van der Waals surface area contributed by atoms with Gasteiger partial charge in [0.2, 0.25) is 0 Å². The summed E-state index contributed by atoms with van der Waals surface area (Å²) in [5.74, 6) is 0.605. The third kappa shape index (κ3) is 11.1. The normalized spacial score (nSPS) is 16.9. The first kappa shape index (κ1) is 63.5. The third-order valence-corrected chi connectivity index (χ3v) is 38.6. The number of aryl methyl sites for hydroxylation is 2. The van der Waals surface area contributed by atoms with Gasteiger partial charge in [-0.1, -0.05) is 218 Å². The van der Waals surface area contributed by atoms with Gasteiger partial charge >= 0.3 is 0 Å². The second-order valence-corrected chi connectivity index (χ2v) is 40.2. The molecule has 0 N–H and O–H groups in total. The minimum atomic E-state index is -2.79. The minimum absolute atomic E-state index is 0.122. The van der Waals surface area contributed by atoms with Crippen molar-refractivity contribution in [2.45, 2.75) is 196 Å². The Morgan fingerprint density at radius 1 is 0.386 bits per heavy atom. The third-order valence-electron chi connectivity index (χ3n) is 20.0. The number of fused-ring (bicyclic) bond motifs is 8. The average molecular weight is 1320 g/mol. The molecular weight excluding hydrogens is 1230 g/mol. The molecule has 12 rings (SSSR count). The summed E-state index contributed by atoms with van der Waals surface area (Å²) in [5, 5.41) is 8.61. The number of hydrogen-bond donors (Lipinski definition) is 0. The Labute approximate surface area is 549 Å². The van der Waals surface area contributed by atoms with Crippen molar-refractivity contribution in [1.82, 2.24) is 9.80 Å². The molecule has 0 saturated carbocycles. The first-order chi connectivity index (χ1) is 42.9. The molecule has 0 saturated heterocycles. The molecule has 0 radical (unpaired) electrons. The summed E-state index contributed by atoms with van der Waals surface area (Å²) < 4.78 is 0. The van der Waals surface area contributed by atoms with E-state index in [-0.39, 0.29) is 23.6 Å². The largest absolute Gasteiger partial charge is 0.274 e. The summed E-state index contributed by atoms with van der Waals surface area (Å²) in [4.78, 5) is 77.0. The van der Waals surface area contributed by atoms with Crippen LogP contribution in [-0.4, -0.2) is 62.7 Å². The standard InChI is InChI=1S/C74H88N2O4S6Si2/c1-9-15-19-21-23-31-39-75-71(77)60-48(8)82-64(61(60)72(75)78)53-42-56-67(83-53)68-57(87(56,45-49(13-5)33-17-11-3)46-50(14-6)34-18-12-4)43-54(84-68)65-62-63(74(80)76(73(62)79)40-32-24-22-20-16-10-2)66(86-65)55-44-59-70(85-55)69-58(41-47(7)81-69)88(59,51-35-27-25-28-36-51)52-37-29-26-30-38-52/h25-30,35-38,41-44,49-50H,9-24,31-34,39-40,45-46H2,1-8H3. The van der Waals surface area contributed by atoms with Gasteiger partial charge in [-0.25, -0.2) is 0 Å². The zero-order valence-corrected chi connectivity index (χ0v) is 60.1. The number of imide groups is 2. The summed E-state index contributed by atoms with van der Waals surface area (Å²) in [5.41, 5.74) is 2.44. The van der Waals surface area contributed by atoms with E-state index in [0.29, 0.717) is 47.2 Å². The van der Waals surface area contributed by atoms with Crippen LogP contribution in [0.1, 0.15) is 221 Å². The van der Waals surface area contributed by atoms with E-state index < -0.39 is 16.1 Å². The molecule has 462 valence electrons. The van der Waals surface area contributed by atoms with E-state index in [9.17, 15) is 9.59 Å². The highest BCUT2D eigenvalue weighted by atomic mass is 32.1. The van der Waals surface area contributed by atoms with Crippen LogP contribution in [0.3, 0.4) is 0 Å². The van der Waals surface area contributed by atoms with Crippen LogP contribution in [0.5, 0.6) is 0 Å². The Bertz CT molecular complexity index is 3800. The van der Waals surface area contributed by atoms with Gasteiger partial charge in [0.15, 0.2) is 8.07 Å². The Morgan fingerprint density at radius 2 is 0.761 bits per heavy atom. The van der Waals surface area contributed by atoms with E-state index in [1.54, 1.807) is 32.5 Å². The molecule has 4 aliphatic heterocycles. The van der Waals surface area contributed by atoms with E-state index in [4.69, 9.17) is 0 Å². The molecule has 2 aromatic carbocycles. The highest BCUT2D eigenvalue weighted by molar-refractivity contribution is 7.37. The molecule has 10 heterocycles. The van der Waals surface area contributed by atoms with E-state index >= 15 is 9.59 Å². The molecule has 88 heavy (non-hydrogen) atoms. The first-order valence-electron chi connectivity index (χ1n) is 33.6. The molecule has 4 amide bonds. The number of carbonyl (C=O) groups excluding carboxylic acids is 4. The number of unbranched alkanes of at least 4 members (excludes halogenated alkanes) is 12. The first-order valence-corrected chi connectivity index (χ1v) is 42.9. The Balaban J connectivity index is 1.03. The predicted molar refractivity (Wildman–Crippen MR) is 386 cm³/mol. The summed E-state index contributed by atoms with van der Waals surface area (Å²) in [6, 6.07) is 34.7. The van der Waals surface area contributed by atoms with Gasteiger partial charge in [-0.3, -0.25) is 29.0 Å². The maximum Gasteiger partial charge on any atom is 0.263 e. The number of amides is 4. The van der Waals surface area contributed by atoms with Crippen molar-refractivity contribution >= 4 is 139 Å². The fourth-order valence-corrected chi connectivity index (χ4v) is 37.3. The van der Waals surface area contributed by atoms with Crippen LogP contribution in [0.15, 0.2) is 84.9 Å². The average Bonchev–Trinajstić information content (AvgIpc) is 2.23. The van der Waals surface area contributed by atoms with Crippen molar-refractivity contribution in [3.63, 3.8) is 0 Å². The van der Waals surface area contributed by atoms with E-state index in [1.165, 1.54) is 145 Å². The maximum atomic E-state index is 15.6. The van der Waals surface area contributed by atoms with Crippen molar-refractivity contribution in [2.75, 3.05) is 13.1 Å². The van der Waals surface area contributed by atoms with Gasteiger partial charge in [-0.15, -0.1) is 68.0 Å². The van der Waals surface area contributed by atoms with Crippen LogP contribution in [0.25, 0.3) is 48.8 Å². The topological polar surface area (TPSA) is 74.8 Å².